The molecule has 1 aliphatic carbocycles. The average molecular weight is 266 g/mol. The van der Waals surface area contributed by atoms with E-state index in [2.05, 4.69) is 5.32 Å². The molecule has 1 saturated carbocycles. The third-order valence-electron chi connectivity index (χ3n) is 3.74. The van der Waals surface area contributed by atoms with Crippen LogP contribution in [0.25, 0.3) is 0 Å². The summed E-state index contributed by atoms with van der Waals surface area (Å²) >= 11 is 0. The topological polar surface area (TPSA) is 15.3 Å². The van der Waals surface area contributed by atoms with Gasteiger partial charge in [-0.05, 0) is 38.8 Å². The fourth-order valence-electron chi connectivity index (χ4n) is 2.92. The molecule has 0 heterocycles. The van der Waals surface area contributed by atoms with Gasteiger partial charge in [0.05, 0.1) is 6.54 Å². The number of halogens is 3. The fraction of sp³-hybridized carbons (Fsp3) is 1.00. The zero-order chi connectivity index (χ0) is 13.6. The average Bonchev–Trinajstić information content (AvgIpc) is 2.77. The highest BCUT2D eigenvalue weighted by Gasteiger charge is 2.32. The van der Waals surface area contributed by atoms with Crippen LogP contribution in [0.15, 0.2) is 0 Å². The summed E-state index contributed by atoms with van der Waals surface area (Å²) in [7, 11) is 1.86. The van der Waals surface area contributed by atoms with E-state index in [9.17, 15) is 13.2 Å². The van der Waals surface area contributed by atoms with Gasteiger partial charge in [0, 0.05) is 12.6 Å². The molecule has 0 aliphatic heterocycles. The van der Waals surface area contributed by atoms with Gasteiger partial charge in [-0.15, -0.1) is 0 Å². The highest BCUT2D eigenvalue weighted by molar-refractivity contribution is 4.83. The molecule has 0 spiro atoms. The molecule has 18 heavy (non-hydrogen) atoms. The number of hydrogen-bond donors (Lipinski definition) is 1. The summed E-state index contributed by atoms with van der Waals surface area (Å²) in [6.45, 7) is 2.16. The normalized spacial score (nSPS) is 19.7. The third kappa shape index (κ3) is 5.57. The van der Waals surface area contributed by atoms with Gasteiger partial charge in [-0.2, -0.15) is 13.2 Å². The summed E-state index contributed by atoms with van der Waals surface area (Å²) in [6.07, 6.45) is 1.40. The summed E-state index contributed by atoms with van der Waals surface area (Å²) in [5, 5.41) is 3.21. The van der Waals surface area contributed by atoms with Crippen LogP contribution in [0.4, 0.5) is 13.2 Å². The van der Waals surface area contributed by atoms with E-state index >= 15 is 0 Å². The quantitative estimate of drug-likeness (QED) is 0.762. The van der Waals surface area contributed by atoms with Crippen molar-refractivity contribution in [2.45, 2.75) is 51.2 Å². The van der Waals surface area contributed by atoms with Crippen molar-refractivity contribution in [1.82, 2.24) is 10.2 Å². The van der Waals surface area contributed by atoms with Crippen LogP contribution in [-0.2, 0) is 0 Å². The molecule has 0 aromatic rings. The lowest BCUT2D eigenvalue weighted by Gasteiger charge is -2.31. The van der Waals surface area contributed by atoms with Crippen LogP contribution in [0, 0.1) is 5.92 Å². The van der Waals surface area contributed by atoms with Crippen molar-refractivity contribution in [2.75, 3.05) is 26.7 Å². The Hall–Kier alpha value is -0.290. The number of likely N-dealkylation sites (N-methyl/N-ethyl adjacent to an activating group) is 1. The van der Waals surface area contributed by atoms with Crippen molar-refractivity contribution in [3.8, 4) is 0 Å². The van der Waals surface area contributed by atoms with Gasteiger partial charge in [-0.25, -0.2) is 0 Å². The molecule has 0 amide bonds. The van der Waals surface area contributed by atoms with Gasteiger partial charge < -0.3 is 5.32 Å². The second-order valence-electron chi connectivity index (χ2n) is 5.29. The Morgan fingerprint density at radius 2 is 1.89 bits per heavy atom. The summed E-state index contributed by atoms with van der Waals surface area (Å²) in [6, 6.07) is 0.196. The van der Waals surface area contributed by atoms with Crippen molar-refractivity contribution < 1.29 is 13.2 Å². The standard InChI is InChI=1S/C13H25F3N2/c1-3-8-18(10-13(14,15)16)9-12(17-2)11-6-4-5-7-11/h11-12,17H,3-10H2,1-2H3. The van der Waals surface area contributed by atoms with Gasteiger partial charge in [-0.1, -0.05) is 19.8 Å². The molecule has 1 rings (SSSR count). The Morgan fingerprint density at radius 1 is 1.28 bits per heavy atom. The molecule has 2 nitrogen and oxygen atoms in total. The molecular weight excluding hydrogens is 241 g/mol. The lowest BCUT2D eigenvalue weighted by molar-refractivity contribution is -0.147. The van der Waals surface area contributed by atoms with Gasteiger partial charge in [0.1, 0.15) is 0 Å². The predicted octanol–water partition coefficient (Wildman–Crippen LogP) is 3.04. The predicted molar refractivity (Wildman–Crippen MR) is 67.6 cm³/mol. The first-order chi connectivity index (χ1) is 8.46. The Labute approximate surface area is 108 Å². The Balaban J connectivity index is 2.50. The number of alkyl halides is 3. The maximum absolute atomic E-state index is 12.5. The molecule has 1 aliphatic rings. The van der Waals surface area contributed by atoms with Crippen LogP contribution >= 0.6 is 0 Å². The summed E-state index contributed by atoms with van der Waals surface area (Å²) < 4.78 is 37.5. The highest BCUT2D eigenvalue weighted by atomic mass is 19.4. The molecule has 0 saturated heterocycles. The molecule has 5 heteroatoms. The molecule has 1 fully saturated rings. The summed E-state index contributed by atoms with van der Waals surface area (Å²) in [4.78, 5) is 1.54. The van der Waals surface area contributed by atoms with E-state index in [0.717, 1.165) is 19.3 Å². The van der Waals surface area contributed by atoms with E-state index in [0.29, 0.717) is 19.0 Å². The van der Waals surface area contributed by atoms with Crippen LogP contribution in [0.2, 0.25) is 0 Å². The van der Waals surface area contributed by atoms with Gasteiger partial charge in [-0.3, -0.25) is 4.90 Å². The summed E-state index contributed by atoms with van der Waals surface area (Å²) in [5.74, 6) is 0.544. The van der Waals surface area contributed by atoms with E-state index in [1.807, 2.05) is 14.0 Å². The lowest BCUT2D eigenvalue weighted by atomic mass is 9.97. The van der Waals surface area contributed by atoms with E-state index in [1.54, 1.807) is 4.90 Å². The fourth-order valence-corrected chi connectivity index (χ4v) is 2.92. The second kappa shape index (κ2) is 7.34. The molecule has 0 aromatic carbocycles. The first-order valence-electron chi connectivity index (χ1n) is 6.92. The van der Waals surface area contributed by atoms with Crippen LogP contribution < -0.4 is 5.32 Å². The lowest BCUT2D eigenvalue weighted by Crippen LogP contribution is -2.46. The van der Waals surface area contributed by atoms with E-state index in [4.69, 9.17) is 0 Å². The van der Waals surface area contributed by atoms with Crippen molar-refractivity contribution >= 4 is 0 Å². The number of nitrogens with one attached hydrogen (secondary N) is 1. The number of rotatable bonds is 7. The van der Waals surface area contributed by atoms with Crippen LogP contribution in [0.1, 0.15) is 39.0 Å². The van der Waals surface area contributed by atoms with Crippen LogP contribution in [0.5, 0.6) is 0 Å². The molecular formula is C13H25F3N2. The molecule has 108 valence electrons. The van der Waals surface area contributed by atoms with Crippen molar-refractivity contribution in [2.24, 2.45) is 5.92 Å². The van der Waals surface area contributed by atoms with Gasteiger partial charge in [0.25, 0.3) is 0 Å². The minimum absolute atomic E-state index is 0.196. The SMILES string of the molecule is CCCN(CC(NC)C1CCCC1)CC(F)(F)F. The smallest absolute Gasteiger partial charge is 0.315 e. The highest BCUT2D eigenvalue weighted by Crippen LogP contribution is 2.28. The molecule has 1 unspecified atom stereocenters. The zero-order valence-corrected chi connectivity index (χ0v) is 11.4. The van der Waals surface area contributed by atoms with E-state index < -0.39 is 12.7 Å². The maximum Gasteiger partial charge on any atom is 0.401 e. The van der Waals surface area contributed by atoms with Crippen molar-refractivity contribution in [1.29, 1.82) is 0 Å². The van der Waals surface area contributed by atoms with Gasteiger partial charge in [0.2, 0.25) is 0 Å². The molecule has 0 radical (unpaired) electrons. The summed E-state index contributed by atoms with van der Waals surface area (Å²) in [5.41, 5.74) is 0. The van der Waals surface area contributed by atoms with Crippen LogP contribution in [-0.4, -0.2) is 43.8 Å². The molecule has 0 aromatic heterocycles. The van der Waals surface area contributed by atoms with E-state index in [1.165, 1.54) is 12.8 Å². The molecule has 1 atom stereocenters. The Morgan fingerprint density at radius 3 is 2.33 bits per heavy atom. The number of nitrogens with zero attached hydrogens (tertiary/aromatic N) is 1. The van der Waals surface area contributed by atoms with E-state index in [-0.39, 0.29) is 6.04 Å². The number of hydrogen-bond acceptors (Lipinski definition) is 2. The van der Waals surface area contributed by atoms with Gasteiger partial charge >= 0.3 is 6.18 Å². The Kier molecular flexibility index (Phi) is 6.43. The first kappa shape index (κ1) is 15.8. The van der Waals surface area contributed by atoms with Crippen molar-refractivity contribution in [3.63, 3.8) is 0 Å². The van der Waals surface area contributed by atoms with Crippen LogP contribution in [0.3, 0.4) is 0 Å². The minimum atomic E-state index is -4.09. The Bertz CT molecular complexity index is 225. The minimum Gasteiger partial charge on any atom is -0.315 e. The first-order valence-corrected chi connectivity index (χ1v) is 6.92. The maximum atomic E-state index is 12.5. The third-order valence-corrected chi connectivity index (χ3v) is 3.74. The largest absolute Gasteiger partial charge is 0.401 e. The van der Waals surface area contributed by atoms with Gasteiger partial charge in [0.15, 0.2) is 0 Å². The van der Waals surface area contributed by atoms with Crippen molar-refractivity contribution in [3.05, 3.63) is 0 Å². The molecule has 1 N–H and O–H groups in total. The molecule has 0 bridgehead atoms. The second-order valence-corrected chi connectivity index (χ2v) is 5.29. The monoisotopic (exact) mass is 266 g/mol. The zero-order valence-electron chi connectivity index (χ0n) is 11.4.